The molecule has 0 radical (unpaired) electrons. The lowest BCUT2D eigenvalue weighted by Crippen LogP contribution is -2.45. The fraction of sp³-hybridized carbons (Fsp3) is 0.896. The number of nitrogens with one attached hydrogen (secondary N) is 1. The van der Waals surface area contributed by atoms with Crippen LogP contribution in [0.2, 0.25) is 0 Å². The highest BCUT2D eigenvalue weighted by Gasteiger charge is 2.27. The Morgan fingerprint density at radius 3 is 1.35 bits per heavy atom. The Kier molecular flexibility index (Phi) is 39.7. The maximum Gasteiger partial charge on any atom is 0.472 e. The Balaban J connectivity index is 4.23. The van der Waals surface area contributed by atoms with Crippen LogP contribution in [0.1, 0.15) is 226 Å². The molecule has 1 amide bonds. The normalized spacial score (nSPS) is 14.4. The second-order valence-electron chi connectivity index (χ2n) is 17.8. The fourth-order valence-electron chi connectivity index (χ4n) is 7.04. The van der Waals surface area contributed by atoms with Gasteiger partial charge in [-0.1, -0.05) is 199 Å². The predicted octanol–water partition coefficient (Wildman–Crippen LogP) is 13.7. The standard InChI is InChI=1S/C48H95N2O6P/c1-6-8-10-12-14-16-18-20-21-22-23-24-25-26-27-28-29-30-32-34-36-38-40-42-48(52)49-46(45-56-57(53,54)55-44-43-50(3,4)5)47(51)41-39-37-35-33-31-19-17-15-13-11-9-7-2/h22-23,39,41,46-47,51H,6-21,24-38,40,42-45H2,1-5H3,(H-,49,52,53,54)/p+1/b23-22-,41-39+. The summed E-state index contributed by atoms with van der Waals surface area (Å²) in [7, 11) is 1.58. The van der Waals surface area contributed by atoms with E-state index in [1.807, 2.05) is 27.2 Å². The Morgan fingerprint density at radius 2 is 0.947 bits per heavy atom. The molecule has 0 rings (SSSR count). The van der Waals surface area contributed by atoms with E-state index in [0.717, 1.165) is 38.5 Å². The summed E-state index contributed by atoms with van der Waals surface area (Å²) in [6, 6.07) is -0.843. The van der Waals surface area contributed by atoms with Crippen LogP contribution in [0, 0.1) is 0 Å². The molecule has 0 spiro atoms. The second kappa shape index (κ2) is 40.4. The molecule has 0 aromatic heterocycles. The van der Waals surface area contributed by atoms with Crippen LogP contribution < -0.4 is 5.32 Å². The number of aliphatic hydroxyl groups excluding tert-OH is 1. The number of rotatable bonds is 44. The van der Waals surface area contributed by atoms with Crippen LogP contribution in [0.3, 0.4) is 0 Å². The third-order valence-electron chi connectivity index (χ3n) is 10.9. The van der Waals surface area contributed by atoms with Gasteiger partial charge in [-0.25, -0.2) is 4.57 Å². The third kappa shape index (κ3) is 42.9. The molecule has 0 aliphatic rings. The molecular formula is C48H96N2O6P+. The number of nitrogens with zero attached hydrogens (tertiary/aromatic N) is 1. The average Bonchev–Trinajstić information content (AvgIpc) is 3.16. The molecule has 3 unspecified atom stereocenters. The van der Waals surface area contributed by atoms with Crippen LogP contribution >= 0.6 is 7.82 Å². The van der Waals surface area contributed by atoms with Crippen molar-refractivity contribution in [3.63, 3.8) is 0 Å². The van der Waals surface area contributed by atoms with Crippen molar-refractivity contribution in [2.45, 2.75) is 238 Å². The zero-order chi connectivity index (χ0) is 42.1. The number of aliphatic hydroxyl groups is 1. The van der Waals surface area contributed by atoms with Crippen LogP contribution in [-0.2, 0) is 18.4 Å². The van der Waals surface area contributed by atoms with Gasteiger partial charge in [0.25, 0.3) is 0 Å². The number of hydrogen-bond acceptors (Lipinski definition) is 5. The van der Waals surface area contributed by atoms with Crippen molar-refractivity contribution < 1.29 is 32.9 Å². The lowest BCUT2D eigenvalue weighted by molar-refractivity contribution is -0.870. The van der Waals surface area contributed by atoms with Gasteiger partial charge in [-0.05, 0) is 44.9 Å². The minimum absolute atomic E-state index is 0.0627. The first kappa shape index (κ1) is 56.0. The van der Waals surface area contributed by atoms with Gasteiger partial charge in [-0.3, -0.25) is 13.8 Å². The average molecular weight is 828 g/mol. The highest BCUT2D eigenvalue weighted by Crippen LogP contribution is 2.43. The molecule has 0 aromatic carbocycles. The second-order valence-corrected chi connectivity index (χ2v) is 19.3. The van der Waals surface area contributed by atoms with Gasteiger partial charge >= 0.3 is 7.82 Å². The first-order chi connectivity index (χ1) is 27.5. The number of amides is 1. The zero-order valence-corrected chi connectivity index (χ0v) is 39.2. The Hall–Kier alpha value is -1.02. The molecule has 57 heavy (non-hydrogen) atoms. The van der Waals surface area contributed by atoms with Crippen molar-refractivity contribution in [2.75, 3.05) is 40.9 Å². The van der Waals surface area contributed by atoms with Gasteiger partial charge < -0.3 is 19.8 Å². The van der Waals surface area contributed by atoms with Gasteiger partial charge in [0.05, 0.1) is 39.9 Å². The van der Waals surface area contributed by atoms with Gasteiger partial charge in [0.1, 0.15) is 13.2 Å². The molecule has 0 bridgehead atoms. The van der Waals surface area contributed by atoms with E-state index in [2.05, 4.69) is 31.3 Å². The fourth-order valence-corrected chi connectivity index (χ4v) is 7.77. The number of unbranched alkanes of at least 4 members (excludes halogenated alkanes) is 29. The number of quaternary nitrogens is 1. The van der Waals surface area contributed by atoms with Crippen LogP contribution in [0.15, 0.2) is 24.3 Å². The smallest absolute Gasteiger partial charge is 0.387 e. The maximum atomic E-state index is 12.9. The monoisotopic (exact) mass is 828 g/mol. The van der Waals surface area contributed by atoms with Crippen molar-refractivity contribution in [1.29, 1.82) is 0 Å². The number of carbonyl (C=O) groups is 1. The van der Waals surface area contributed by atoms with Gasteiger partial charge in [-0.15, -0.1) is 0 Å². The molecule has 0 aromatic rings. The molecule has 3 N–H and O–H groups in total. The van der Waals surface area contributed by atoms with Crippen LogP contribution in [-0.4, -0.2) is 73.4 Å². The van der Waals surface area contributed by atoms with E-state index >= 15 is 0 Å². The summed E-state index contributed by atoms with van der Waals surface area (Å²) >= 11 is 0. The Labute approximate surface area is 354 Å². The van der Waals surface area contributed by atoms with Crippen LogP contribution in [0.25, 0.3) is 0 Å². The van der Waals surface area contributed by atoms with Crippen molar-refractivity contribution in [3.8, 4) is 0 Å². The summed E-state index contributed by atoms with van der Waals surface area (Å²) in [4.78, 5) is 23.1. The van der Waals surface area contributed by atoms with Gasteiger partial charge in [0, 0.05) is 6.42 Å². The third-order valence-corrected chi connectivity index (χ3v) is 11.9. The SMILES string of the molecule is CCCCCCCCCC/C=C\CCCCCCCCCCCCCC(=O)NC(COP(=O)(O)OCC[N+](C)(C)C)C(O)/C=C/CCCCCCCCCCCC. The molecule has 8 nitrogen and oxygen atoms in total. The Morgan fingerprint density at radius 1 is 0.579 bits per heavy atom. The summed E-state index contributed by atoms with van der Waals surface area (Å²) < 4.78 is 23.6. The molecule has 338 valence electrons. The lowest BCUT2D eigenvalue weighted by Gasteiger charge is -2.25. The number of carbonyl (C=O) groups excluding carboxylic acids is 1. The van der Waals surface area contributed by atoms with Gasteiger partial charge in [0.2, 0.25) is 5.91 Å². The van der Waals surface area contributed by atoms with Gasteiger partial charge in [-0.2, -0.15) is 0 Å². The number of allylic oxidation sites excluding steroid dienone is 3. The van der Waals surface area contributed by atoms with Crippen molar-refractivity contribution >= 4 is 13.7 Å². The molecule has 0 aliphatic heterocycles. The molecule has 3 atom stereocenters. The van der Waals surface area contributed by atoms with E-state index in [-0.39, 0.29) is 19.1 Å². The Bertz CT molecular complexity index is 984. The molecule has 9 heteroatoms. The molecule has 0 aliphatic carbocycles. The largest absolute Gasteiger partial charge is 0.472 e. The molecule has 0 saturated heterocycles. The summed E-state index contributed by atoms with van der Waals surface area (Å²) in [5.41, 5.74) is 0. The van der Waals surface area contributed by atoms with E-state index < -0.39 is 20.0 Å². The van der Waals surface area contributed by atoms with Crippen LogP contribution in [0.5, 0.6) is 0 Å². The van der Waals surface area contributed by atoms with Gasteiger partial charge in [0.15, 0.2) is 0 Å². The molecule has 0 heterocycles. The first-order valence-corrected chi connectivity index (χ1v) is 25.7. The van der Waals surface area contributed by atoms with Crippen molar-refractivity contribution in [2.24, 2.45) is 0 Å². The number of phosphoric acid groups is 1. The minimum atomic E-state index is -4.33. The summed E-state index contributed by atoms with van der Waals surface area (Å²) in [5, 5.41) is 13.8. The highest BCUT2D eigenvalue weighted by atomic mass is 31.2. The summed E-state index contributed by atoms with van der Waals surface area (Å²) in [6.07, 6.45) is 48.2. The van der Waals surface area contributed by atoms with Crippen molar-refractivity contribution in [3.05, 3.63) is 24.3 Å². The summed E-state index contributed by atoms with van der Waals surface area (Å²) in [6.45, 7) is 4.82. The maximum absolute atomic E-state index is 12.9. The molecule has 0 fully saturated rings. The highest BCUT2D eigenvalue weighted by molar-refractivity contribution is 7.47. The number of phosphoric ester groups is 1. The van der Waals surface area contributed by atoms with E-state index in [1.54, 1.807) is 6.08 Å². The number of hydrogen-bond donors (Lipinski definition) is 3. The van der Waals surface area contributed by atoms with Crippen LogP contribution in [0.4, 0.5) is 0 Å². The number of likely N-dealkylation sites (N-methyl/N-ethyl adjacent to an activating group) is 1. The quantitative estimate of drug-likeness (QED) is 0.0244. The topological polar surface area (TPSA) is 105 Å². The summed E-state index contributed by atoms with van der Waals surface area (Å²) in [5.74, 6) is -0.177. The molecular weight excluding hydrogens is 732 g/mol. The zero-order valence-electron chi connectivity index (χ0n) is 38.3. The molecule has 0 saturated carbocycles. The lowest BCUT2D eigenvalue weighted by atomic mass is 10.0. The van der Waals surface area contributed by atoms with E-state index in [0.29, 0.717) is 17.4 Å². The van der Waals surface area contributed by atoms with E-state index in [4.69, 9.17) is 9.05 Å². The predicted molar refractivity (Wildman–Crippen MR) is 245 cm³/mol. The van der Waals surface area contributed by atoms with Crippen molar-refractivity contribution in [1.82, 2.24) is 5.32 Å². The first-order valence-electron chi connectivity index (χ1n) is 24.2. The minimum Gasteiger partial charge on any atom is -0.387 e. The van der Waals surface area contributed by atoms with E-state index in [1.165, 1.54) is 167 Å². The van der Waals surface area contributed by atoms with E-state index in [9.17, 15) is 19.4 Å².